The molecule has 1 heterocycles. The lowest BCUT2D eigenvalue weighted by Gasteiger charge is -1.97. The van der Waals surface area contributed by atoms with E-state index in [2.05, 4.69) is 4.98 Å². The Hall–Kier alpha value is -1.36. The van der Waals surface area contributed by atoms with Gasteiger partial charge in [-0.15, -0.1) is 0 Å². The van der Waals surface area contributed by atoms with Crippen LogP contribution in [0, 0.1) is 0 Å². The molecule has 1 aromatic rings. The van der Waals surface area contributed by atoms with Crippen LogP contribution in [0.25, 0.3) is 0 Å². The molecule has 0 atom stereocenters. The molecule has 1 rings (SSSR count). The predicted octanol–water partition coefficient (Wildman–Crippen LogP) is 0.436. The second-order valence-corrected chi connectivity index (χ2v) is 2.80. The second kappa shape index (κ2) is 7.08. The number of aryl methyl sites for hydroxylation is 2. The van der Waals surface area contributed by atoms with Crippen molar-refractivity contribution in [2.45, 2.75) is 19.8 Å². The number of aliphatic carboxylic acids is 1. The molecule has 0 aromatic carbocycles. The number of aromatic nitrogens is 2. The Bertz CT molecular complexity index is 267. The molecule has 80 valence electrons. The highest BCUT2D eigenvalue weighted by Crippen LogP contribution is 1.97. The van der Waals surface area contributed by atoms with Crippen LogP contribution >= 0.6 is 0 Å². The van der Waals surface area contributed by atoms with Crippen molar-refractivity contribution in [2.24, 2.45) is 7.05 Å². The maximum Gasteiger partial charge on any atom is 0.300 e. The number of imidazole rings is 1. The molecule has 0 saturated heterocycles. The van der Waals surface area contributed by atoms with Crippen molar-refractivity contribution in [1.29, 1.82) is 0 Å². The molecular formula is C9H16N2O3. The van der Waals surface area contributed by atoms with Crippen LogP contribution < -0.4 is 0 Å². The molecule has 2 N–H and O–H groups in total. The number of hydrogen-bond donors (Lipinski definition) is 2. The van der Waals surface area contributed by atoms with Gasteiger partial charge in [0.25, 0.3) is 5.97 Å². The summed E-state index contributed by atoms with van der Waals surface area (Å²) in [7, 11) is 1.96. The lowest BCUT2D eigenvalue weighted by molar-refractivity contribution is -0.134. The molecule has 0 fully saturated rings. The number of carboxylic acids is 1. The molecule has 5 heteroatoms. The van der Waals surface area contributed by atoms with Crippen LogP contribution in [0.3, 0.4) is 0 Å². The molecule has 0 spiro atoms. The molecule has 0 amide bonds. The normalized spacial score (nSPS) is 9.07. The van der Waals surface area contributed by atoms with E-state index in [-0.39, 0.29) is 6.61 Å². The number of nitrogens with zero attached hydrogens (tertiary/aromatic N) is 2. The third kappa shape index (κ3) is 6.19. The minimum absolute atomic E-state index is 0.243. The first kappa shape index (κ1) is 12.6. The molecular weight excluding hydrogens is 184 g/mol. The average molecular weight is 200 g/mol. The predicted molar refractivity (Wildman–Crippen MR) is 51.9 cm³/mol. The molecule has 5 nitrogen and oxygen atoms in total. The summed E-state index contributed by atoms with van der Waals surface area (Å²) in [5.41, 5.74) is 0. The monoisotopic (exact) mass is 200 g/mol. The van der Waals surface area contributed by atoms with Crippen LogP contribution in [-0.4, -0.2) is 32.3 Å². The van der Waals surface area contributed by atoms with Crippen molar-refractivity contribution >= 4 is 5.97 Å². The quantitative estimate of drug-likeness (QED) is 0.742. The fraction of sp³-hybridized carbons (Fsp3) is 0.556. The summed E-state index contributed by atoms with van der Waals surface area (Å²) in [6, 6.07) is 0. The Morgan fingerprint density at radius 1 is 1.64 bits per heavy atom. The van der Waals surface area contributed by atoms with Gasteiger partial charge in [0, 0.05) is 39.4 Å². The molecule has 0 radical (unpaired) electrons. The summed E-state index contributed by atoms with van der Waals surface area (Å²) in [6.45, 7) is 1.33. The van der Waals surface area contributed by atoms with E-state index in [1.807, 2.05) is 17.8 Å². The van der Waals surface area contributed by atoms with Gasteiger partial charge in [-0.2, -0.15) is 0 Å². The molecule has 0 aliphatic carbocycles. The highest BCUT2D eigenvalue weighted by Gasteiger charge is 1.96. The Kier molecular flexibility index (Phi) is 6.39. The van der Waals surface area contributed by atoms with Crippen molar-refractivity contribution in [3.05, 3.63) is 18.2 Å². The first-order chi connectivity index (χ1) is 6.57. The Labute approximate surface area is 83.0 Å². The Balaban J connectivity index is 0.000000364. The first-order valence-electron chi connectivity index (χ1n) is 4.34. The maximum absolute atomic E-state index is 9.00. The summed E-state index contributed by atoms with van der Waals surface area (Å²) in [5.74, 6) is 0.203. The zero-order chi connectivity index (χ0) is 11.0. The fourth-order valence-corrected chi connectivity index (χ4v) is 0.875. The van der Waals surface area contributed by atoms with Crippen LogP contribution in [0.5, 0.6) is 0 Å². The Morgan fingerprint density at radius 3 is 2.57 bits per heavy atom. The van der Waals surface area contributed by atoms with Crippen molar-refractivity contribution in [3.8, 4) is 0 Å². The van der Waals surface area contributed by atoms with E-state index in [1.165, 1.54) is 0 Å². The SMILES string of the molecule is CC(=O)O.Cn1ccnc1CCCO. The van der Waals surface area contributed by atoms with Crippen molar-refractivity contribution in [1.82, 2.24) is 9.55 Å². The highest BCUT2D eigenvalue weighted by molar-refractivity contribution is 5.62. The number of carboxylic acid groups (broad SMARTS) is 1. The van der Waals surface area contributed by atoms with Gasteiger partial charge in [-0.3, -0.25) is 4.79 Å². The lowest BCUT2D eigenvalue weighted by Crippen LogP contribution is -1.98. The molecule has 0 aliphatic rings. The van der Waals surface area contributed by atoms with Crippen LogP contribution in [0.4, 0.5) is 0 Å². The number of rotatable bonds is 3. The van der Waals surface area contributed by atoms with Crippen LogP contribution in [-0.2, 0) is 18.3 Å². The second-order valence-electron chi connectivity index (χ2n) is 2.80. The van der Waals surface area contributed by atoms with E-state index in [0.29, 0.717) is 0 Å². The van der Waals surface area contributed by atoms with E-state index in [4.69, 9.17) is 15.0 Å². The van der Waals surface area contributed by atoms with Crippen molar-refractivity contribution in [3.63, 3.8) is 0 Å². The van der Waals surface area contributed by atoms with Gasteiger partial charge in [-0.05, 0) is 6.42 Å². The largest absolute Gasteiger partial charge is 0.481 e. The van der Waals surface area contributed by atoms with Gasteiger partial charge in [-0.25, -0.2) is 4.98 Å². The maximum atomic E-state index is 9.00. The van der Waals surface area contributed by atoms with Gasteiger partial charge in [-0.1, -0.05) is 0 Å². The standard InChI is InChI=1S/C7H12N2O.C2H4O2/c1-9-5-4-8-7(9)3-2-6-10;1-2(3)4/h4-5,10H,2-3,6H2,1H3;1H3,(H,3,4). The summed E-state index contributed by atoms with van der Waals surface area (Å²) in [5, 5.41) is 15.9. The first-order valence-corrected chi connectivity index (χ1v) is 4.34. The topological polar surface area (TPSA) is 75.3 Å². The summed E-state index contributed by atoms with van der Waals surface area (Å²) >= 11 is 0. The zero-order valence-corrected chi connectivity index (χ0v) is 8.47. The third-order valence-corrected chi connectivity index (χ3v) is 1.48. The zero-order valence-electron chi connectivity index (χ0n) is 8.47. The van der Waals surface area contributed by atoms with Crippen LogP contribution in [0.1, 0.15) is 19.2 Å². The molecule has 14 heavy (non-hydrogen) atoms. The summed E-state index contributed by atoms with van der Waals surface area (Å²) in [6.07, 6.45) is 5.34. The van der Waals surface area contributed by atoms with Gasteiger partial charge < -0.3 is 14.8 Å². The van der Waals surface area contributed by atoms with Gasteiger partial charge in [0.2, 0.25) is 0 Å². The highest BCUT2D eigenvalue weighted by atomic mass is 16.4. The Morgan fingerprint density at radius 2 is 2.21 bits per heavy atom. The van der Waals surface area contributed by atoms with E-state index in [1.54, 1.807) is 6.20 Å². The number of aliphatic hydroxyl groups is 1. The van der Waals surface area contributed by atoms with Crippen LogP contribution in [0.2, 0.25) is 0 Å². The van der Waals surface area contributed by atoms with E-state index < -0.39 is 5.97 Å². The van der Waals surface area contributed by atoms with E-state index in [0.717, 1.165) is 25.6 Å². The summed E-state index contributed by atoms with van der Waals surface area (Å²) < 4.78 is 1.97. The van der Waals surface area contributed by atoms with E-state index >= 15 is 0 Å². The van der Waals surface area contributed by atoms with Gasteiger partial charge in [0.15, 0.2) is 0 Å². The van der Waals surface area contributed by atoms with Crippen LogP contribution in [0.15, 0.2) is 12.4 Å². The minimum atomic E-state index is -0.833. The molecule has 0 bridgehead atoms. The van der Waals surface area contributed by atoms with Gasteiger partial charge >= 0.3 is 0 Å². The smallest absolute Gasteiger partial charge is 0.300 e. The van der Waals surface area contributed by atoms with E-state index in [9.17, 15) is 0 Å². The molecule has 0 aliphatic heterocycles. The third-order valence-electron chi connectivity index (χ3n) is 1.48. The molecule has 0 unspecified atom stereocenters. The van der Waals surface area contributed by atoms with Crippen molar-refractivity contribution < 1.29 is 15.0 Å². The van der Waals surface area contributed by atoms with Crippen molar-refractivity contribution in [2.75, 3.05) is 6.61 Å². The van der Waals surface area contributed by atoms with Gasteiger partial charge in [0.1, 0.15) is 5.82 Å². The summed E-state index contributed by atoms with van der Waals surface area (Å²) in [4.78, 5) is 13.1. The molecule has 0 saturated carbocycles. The number of carbonyl (C=O) groups is 1. The lowest BCUT2D eigenvalue weighted by atomic mass is 10.3. The number of aliphatic hydroxyl groups excluding tert-OH is 1. The minimum Gasteiger partial charge on any atom is -0.481 e. The molecule has 1 aromatic heterocycles. The fourth-order valence-electron chi connectivity index (χ4n) is 0.875. The van der Waals surface area contributed by atoms with Gasteiger partial charge in [0.05, 0.1) is 0 Å². The average Bonchev–Trinajstić information content (AvgIpc) is 2.47. The number of hydrogen-bond acceptors (Lipinski definition) is 3.